The fraction of sp³-hybridized carbons (Fsp3) is 0.385. The molecular formula is C13H15FN2O3. The summed E-state index contributed by atoms with van der Waals surface area (Å²) >= 11 is 0. The van der Waals surface area contributed by atoms with Gasteiger partial charge in [-0.3, -0.25) is 4.79 Å². The summed E-state index contributed by atoms with van der Waals surface area (Å²) in [6.45, 7) is -0.390. The number of likely N-dealkylation sites (N-methyl/N-ethyl adjacent to an activating group) is 1. The number of carboxylic acid groups (broad SMARTS) is 1. The standard InChI is InChI=1S/C13H15FN2O3/c1-16(8-11(17)18)12(19)15-13(6-7-13)9-4-2-3-5-10(9)14/h2-5H,6-8H2,1H3,(H,15,19)(H,17,18). The predicted octanol–water partition coefficient (Wildman–Crippen LogP) is 1.54. The fourth-order valence-electron chi connectivity index (χ4n) is 2.01. The third kappa shape index (κ3) is 2.83. The number of rotatable bonds is 4. The van der Waals surface area contributed by atoms with E-state index < -0.39 is 17.5 Å². The van der Waals surface area contributed by atoms with E-state index >= 15 is 0 Å². The van der Waals surface area contributed by atoms with Gasteiger partial charge in [-0.05, 0) is 18.9 Å². The summed E-state index contributed by atoms with van der Waals surface area (Å²) in [6.07, 6.45) is 1.31. The molecule has 0 radical (unpaired) electrons. The number of carbonyl (C=O) groups is 2. The van der Waals surface area contributed by atoms with Crippen molar-refractivity contribution in [3.8, 4) is 0 Å². The number of halogens is 1. The van der Waals surface area contributed by atoms with Gasteiger partial charge in [-0.2, -0.15) is 0 Å². The van der Waals surface area contributed by atoms with Gasteiger partial charge in [0.25, 0.3) is 0 Å². The minimum Gasteiger partial charge on any atom is -0.480 e. The summed E-state index contributed by atoms with van der Waals surface area (Å²) in [7, 11) is 1.39. The van der Waals surface area contributed by atoms with Gasteiger partial charge in [0.1, 0.15) is 12.4 Å². The van der Waals surface area contributed by atoms with Crippen molar-refractivity contribution < 1.29 is 19.1 Å². The zero-order chi connectivity index (χ0) is 14.0. The Bertz CT molecular complexity index is 514. The number of carboxylic acids is 1. The first-order chi connectivity index (χ1) is 8.94. The van der Waals surface area contributed by atoms with E-state index in [1.807, 2.05) is 0 Å². The van der Waals surface area contributed by atoms with Crippen LogP contribution in [0.2, 0.25) is 0 Å². The van der Waals surface area contributed by atoms with Crippen LogP contribution in [-0.2, 0) is 10.3 Å². The van der Waals surface area contributed by atoms with Crippen molar-refractivity contribution in [2.24, 2.45) is 0 Å². The first-order valence-electron chi connectivity index (χ1n) is 5.95. The lowest BCUT2D eigenvalue weighted by Gasteiger charge is -2.23. The van der Waals surface area contributed by atoms with Crippen LogP contribution < -0.4 is 5.32 Å². The maximum absolute atomic E-state index is 13.7. The lowest BCUT2D eigenvalue weighted by molar-refractivity contribution is -0.137. The molecule has 2 amide bonds. The second kappa shape index (κ2) is 4.87. The molecule has 0 unspecified atom stereocenters. The van der Waals surface area contributed by atoms with Crippen molar-refractivity contribution >= 4 is 12.0 Å². The number of carbonyl (C=O) groups excluding carboxylic acids is 1. The molecule has 2 N–H and O–H groups in total. The molecule has 1 aliphatic carbocycles. The lowest BCUT2D eigenvalue weighted by atomic mass is 10.0. The van der Waals surface area contributed by atoms with Gasteiger partial charge in [-0.1, -0.05) is 18.2 Å². The summed E-state index contributed by atoms with van der Waals surface area (Å²) < 4.78 is 13.7. The minimum absolute atomic E-state index is 0.360. The summed E-state index contributed by atoms with van der Waals surface area (Å²) in [6, 6.07) is 5.78. The molecule has 0 bridgehead atoms. The summed E-state index contributed by atoms with van der Waals surface area (Å²) in [4.78, 5) is 23.4. The second-order valence-corrected chi connectivity index (χ2v) is 4.74. The number of aliphatic carboxylic acids is 1. The molecule has 6 heteroatoms. The van der Waals surface area contributed by atoms with E-state index in [0.717, 1.165) is 4.90 Å². The van der Waals surface area contributed by atoms with E-state index in [9.17, 15) is 14.0 Å². The second-order valence-electron chi connectivity index (χ2n) is 4.74. The maximum Gasteiger partial charge on any atom is 0.323 e. The Morgan fingerprint density at radius 1 is 1.42 bits per heavy atom. The van der Waals surface area contributed by atoms with Crippen molar-refractivity contribution in [1.82, 2.24) is 10.2 Å². The fourth-order valence-corrected chi connectivity index (χ4v) is 2.01. The average molecular weight is 266 g/mol. The number of amides is 2. The van der Waals surface area contributed by atoms with Gasteiger partial charge in [0.2, 0.25) is 0 Å². The lowest BCUT2D eigenvalue weighted by Crippen LogP contribution is -2.45. The van der Waals surface area contributed by atoms with Crippen LogP contribution in [0.15, 0.2) is 24.3 Å². The zero-order valence-electron chi connectivity index (χ0n) is 10.5. The first-order valence-corrected chi connectivity index (χ1v) is 5.95. The van der Waals surface area contributed by atoms with Gasteiger partial charge in [0, 0.05) is 12.6 Å². The summed E-state index contributed by atoms with van der Waals surface area (Å²) in [5.74, 6) is -1.45. The maximum atomic E-state index is 13.7. The minimum atomic E-state index is -1.09. The number of urea groups is 1. The molecule has 19 heavy (non-hydrogen) atoms. The van der Waals surface area contributed by atoms with Gasteiger partial charge in [0.15, 0.2) is 0 Å². The van der Waals surface area contributed by atoms with Crippen LogP contribution in [0.3, 0.4) is 0 Å². The van der Waals surface area contributed by atoms with Gasteiger partial charge < -0.3 is 15.3 Å². The highest BCUT2D eigenvalue weighted by Gasteiger charge is 2.47. The molecule has 5 nitrogen and oxygen atoms in total. The molecule has 0 saturated heterocycles. The van der Waals surface area contributed by atoms with Crippen LogP contribution in [0.1, 0.15) is 18.4 Å². The van der Waals surface area contributed by atoms with Crippen LogP contribution in [0.5, 0.6) is 0 Å². The molecule has 0 spiro atoms. The average Bonchev–Trinajstić information content (AvgIpc) is 3.09. The zero-order valence-corrected chi connectivity index (χ0v) is 10.5. The molecule has 1 aliphatic rings. The molecule has 0 heterocycles. The quantitative estimate of drug-likeness (QED) is 0.868. The van der Waals surface area contributed by atoms with Crippen LogP contribution in [-0.4, -0.2) is 35.6 Å². The van der Waals surface area contributed by atoms with Gasteiger partial charge >= 0.3 is 12.0 Å². The molecule has 102 valence electrons. The van der Waals surface area contributed by atoms with E-state index in [4.69, 9.17) is 5.11 Å². The van der Waals surface area contributed by atoms with Crippen LogP contribution >= 0.6 is 0 Å². The Morgan fingerprint density at radius 2 is 2.05 bits per heavy atom. The Kier molecular flexibility index (Phi) is 3.42. The van der Waals surface area contributed by atoms with E-state index in [1.54, 1.807) is 18.2 Å². The van der Waals surface area contributed by atoms with E-state index in [2.05, 4.69) is 5.32 Å². The van der Waals surface area contributed by atoms with E-state index in [0.29, 0.717) is 18.4 Å². The third-order valence-corrected chi connectivity index (χ3v) is 3.20. The van der Waals surface area contributed by atoms with E-state index in [1.165, 1.54) is 13.1 Å². The Labute approximate surface area is 110 Å². The van der Waals surface area contributed by atoms with Crippen LogP contribution in [0.25, 0.3) is 0 Å². The molecule has 1 saturated carbocycles. The number of nitrogens with one attached hydrogen (secondary N) is 1. The van der Waals surface area contributed by atoms with Gasteiger partial charge in [0.05, 0.1) is 5.54 Å². The number of nitrogens with zero attached hydrogens (tertiary/aromatic N) is 1. The Balaban J connectivity index is 2.09. The molecule has 0 aliphatic heterocycles. The van der Waals surface area contributed by atoms with Crippen molar-refractivity contribution in [3.63, 3.8) is 0 Å². The highest BCUT2D eigenvalue weighted by Crippen LogP contribution is 2.46. The van der Waals surface area contributed by atoms with Crippen molar-refractivity contribution in [1.29, 1.82) is 0 Å². The molecular weight excluding hydrogens is 251 g/mol. The Hall–Kier alpha value is -2.11. The Morgan fingerprint density at radius 3 is 2.58 bits per heavy atom. The highest BCUT2D eigenvalue weighted by atomic mass is 19.1. The smallest absolute Gasteiger partial charge is 0.323 e. The number of benzene rings is 1. The number of hydrogen-bond acceptors (Lipinski definition) is 2. The topological polar surface area (TPSA) is 69.6 Å². The van der Waals surface area contributed by atoms with Crippen molar-refractivity contribution in [2.45, 2.75) is 18.4 Å². The molecule has 0 aromatic heterocycles. The summed E-state index contributed by atoms with van der Waals surface area (Å²) in [5, 5.41) is 11.3. The molecule has 1 aromatic rings. The molecule has 1 aromatic carbocycles. The largest absolute Gasteiger partial charge is 0.480 e. The van der Waals surface area contributed by atoms with E-state index in [-0.39, 0.29) is 12.4 Å². The van der Waals surface area contributed by atoms with Crippen molar-refractivity contribution in [2.75, 3.05) is 13.6 Å². The monoisotopic (exact) mass is 266 g/mol. The number of hydrogen-bond donors (Lipinski definition) is 2. The van der Waals surface area contributed by atoms with Crippen LogP contribution in [0, 0.1) is 5.82 Å². The normalized spacial score (nSPS) is 15.7. The molecule has 1 fully saturated rings. The third-order valence-electron chi connectivity index (χ3n) is 3.20. The SMILES string of the molecule is CN(CC(=O)O)C(=O)NC1(c2ccccc2F)CC1. The molecule has 2 rings (SSSR count). The predicted molar refractivity (Wildman–Crippen MR) is 66.1 cm³/mol. The highest BCUT2D eigenvalue weighted by molar-refractivity contribution is 5.80. The van der Waals surface area contributed by atoms with Gasteiger partial charge in [-0.15, -0.1) is 0 Å². The van der Waals surface area contributed by atoms with Crippen molar-refractivity contribution in [3.05, 3.63) is 35.6 Å². The summed E-state index contributed by atoms with van der Waals surface area (Å²) in [5.41, 5.74) is -0.234. The first kappa shape index (κ1) is 13.3. The molecule has 0 atom stereocenters. The van der Waals surface area contributed by atoms with Crippen LogP contribution in [0.4, 0.5) is 9.18 Å². The van der Waals surface area contributed by atoms with Gasteiger partial charge in [-0.25, -0.2) is 9.18 Å².